The Hall–Kier alpha value is -1.45. The van der Waals surface area contributed by atoms with Crippen LogP contribution in [0.1, 0.15) is 20.8 Å². The van der Waals surface area contributed by atoms with Gasteiger partial charge in [-0.3, -0.25) is 9.90 Å². The number of aryl methyl sites for hydroxylation is 1. The minimum atomic E-state index is -0.211. The number of carbonyl (C=O) groups is 1. The van der Waals surface area contributed by atoms with E-state index in [1.54, 1.807) is 29.8 Å². The summed E-state index contributed by atoms with van der Waals surface area (Å²) in [5, 5.41) is 10.6. The quantitative estimate of drug-likeness (QED) is 0.684. The third kappa shape index (κ3) is 5.24. The SMILES string of the molecule is CCOC(C)=O.CCn1cccc1[O]. The van der Waals surface area contributed by atoms with Gasteiger partial charge in [0.1, 0.15) is 0 Å². The van der Waals surface area contributed by atoms with Crippen molar-refractivity contribution in [2.75, 3.05) is 6.61 Å². The zero-order chi connectivity index (χ0) is 11.0. The smallest absolute Gasteiger partial charge is 0.302 e. The normalized spacial score (nSPS) is 8.79. The Labute approximate surface area is 84.1 Å². The van der Waals surface area contributed by atoms with Gasteiger partial charge in [-0.1, -0.05) is 0 Å². The van der Waals surface area contributed by atoms with Crippen molar-refractivity contribution in [3.05, 3.63) is 18.3 Å². The third-order valence-electron chi connectivity index (χ3n) is 1.48. The molecule has 0 amide bonds. The number of ether oxygens (including phenoxy) is 1. The molecular formula is C10H16NO3. The maximum absolute atomic E-state index is 10.6. The van der Waals surface area contributed by atoms with Crippen LogP contribution in [-0.4, -0.2) is 17.1 Å². The van der Waals surface area contributed by atoms with E-state index in [-0.39, 0.29) is 11.8 Å². The van der Waals surface area contributed by atoms with Crippen molar-refractivity contribution >= 4 is 5.97 Å². The number of rotatable bonds is 2. The molecule has 0 saturated carbocycles. The number of carbonyl (C=O) groups excluding carboxylic acids is 1. The standard InChI is InChI=1S/C6H8NO.C4H8O2/c1-2-7-5-3-4-6(7)8;1-3-6-4(2)5/h3-5H,2H2,1H3;3H2,1-2H3. The molecule has 0 aliphatic heterocycles. The molecular weight excluding hydrogens is 182 g/mol. The van der Waals surface area contributed by atoms with E-state index in [1.807, 2.05) is 6.92 Å². The lowest BCUT2D eigenvalue weighted by Gasteiger charge is -1.92. The Bertz CT molecular complexity index is 268. The maximum Gasteiger partial charge on any atom is 0.302 e. The summed E-state index contributed by atoms with van der Waals surface area (Å²) in [7, 11) is 0. The predicted octanol–water partition coefficient (Wildman–Crippen LogP) is 2.22. The molecule has 0 N–H and O–H groups in total. The van der Waals surface area contributed by atoms with Crippen molar-refractivity contribution in [1.82, 2.24) is 4.57 Å². The van der Waals surface area contributed by atoms with E-state index in [0.29, 0.717) is 6.61 Å². The molecule has 4 heteroatoms. The molecule has 0 fully saturated rings. The first-order valence-electron chi connectivity index (χ1n) is 4.57. The largest absolute Gasteiger partial charge is 0.466 e. The molecule has 0 atom stereocenters. The van der Waals surface area contributed by atoms with Gasteiger partial charge in [0.15, 0.2) is 0 Å². The molecule has 1 aromatic rings. The summed E-state index contributed by atoms with van der Waals surface area (Å²) in [6.45, 7) is 6.37. The number of aromatic nitrogens is 1. The van der Waals surface area contributed by atoms with Gasteiger partial charge >= 0.3 is 5.97 Å². The topological polar surface area (TPSA) is 51.1 Å². The summed E-state index contributed by atoms with van der Waals surface area (Å²) < 4.78 is 6.06. The second-order valence-corrected chi connectivity index (χ2v) is 2.56. The molecule has 79 valence electrons. The average molecular weight is 198 g/mol. The van der Waals surface area contributed by atoms with E-state index in [9.17, 15) is 9.90 Å². The lowest BCUT2D eigenvalue weighted by Crippen LogP contribution is -1.95. The Morgan fingerprint density at radius 1 is 1.50 bits per heavy atom. The first kappa shape index (κ1) is 12.6. The summed E-state index contributed by atoms with van der Waals surface area (Å²) >= 11 is 0. The summed E-state index contributed by atoms with van der Waals surface area (Å²) in [4.78, 5) is 9.82. The molecule has 0 aromatic carbocycles. The van der Waals surface area contributed by atoms with E-state index in [0.717, 1.165) is 6.54 Å². The van der Waals surface area contributed by atoms with Crippen LogP contribution in [0.5, 0.6) is 5.88 Å². The van der Waals surface area contributed by atoms with Crippen molar-refractivity contribution in [2.45, 2.75) is 27.3 Å². The summed E-state index contributed by atoms with van der Waals surface area (Å²) in [5.74, 6) is -0.120. The van der Waals surface area contributed by atoms with Crippen molar-refractivity contribution in [3.63, 3.8) is 0 Å². The second-order valence-electron chi connectivity index (χ2n) is 2.56. The Morgan fingerprint density at radius 2 is 2.14 bits per heavy atom. The zero-order valence-corrected chi connectivity index (χ0v) is 8.82. The number of hydrogen-bond acceptors (Lipinski definition) is 2. The molecule has 1 heterocycles. The second kappa shape index (κ2) is 7.00. The predicted molar refractivity (Wildman–Crippen MR) is 52.5 cm³/mol. The van der Waals surface area contributed by atoms with Gasteiger partial charge in [-0.05, 0) is 19.9 Å². The molecule has 0 spiro atoms. The van der Waals surface area contributed by atoms with Crippen molar-refractivity contribution in [3.8, 4) is 5.88 Å². The van der Waals surface area contributed by atoms with Gasteiger partial charge in [0, 0.05) is 25.7 Å². The maximum atomic E-state index is 10.6. The van der Waals surface area contributed by atoms with Crippen LogP contribution in [0.3, 0.4) is 0 Å². The van der Waals surface area contributed by atoms with Crippen molar-refractivity contribution in [1.29, 1.82) is 0 Å². The van der Waals surface area contributed by atoms with E-state index in [2.05, 4.69) is 4.74 Å². The summed E-state index contributed by atoms with van der Waals surface area (Å²) in [5.41, 5.74) is 0. The van der Waals surface area contributed by atoms with E-state index >= 15 is 0 Å². The fourth-order valence-electron chi connectivity index (χ4n) is 0.863. The Balaban J connectivity index is 0.000000255. The van der Waals surface area contributed by atoms with Crippen molar-refractivity contribution in [2.24, 2.45) is 0 Å². The minimum Gasteiger partial charge on any atom is -0.466 e. The van der Waals surface area contributed by atoms with E-state index < -0.39 is 0 Å². The van der Waals surface area contributed by atoms with Crippen LogP contribution >= 0.6 is 0 Å². The Kier molecular flexibility index (Phi) is 6.28. The molecule has 14 heavy (non-hydrogen) atoms. The van der Waals surface area contributed by atoms with Gasteiger partial charge in [-0.25, -0.2) is 0 Å². The monoisotopic (exact) mass is 198 g/mol. The molecule has 0 saturated heterocycles. The molecule has 4 nitrogen and oxygen atoms in total. The van der Waals surface area contributed by atoms with Gasteiger partial charge in [0.25, 0.3) is 5.88 Å². The highest BCUT2D eigenvalue weighted by atomic mass is 16.5. The van der Waals surface area contributed by atoms with Gasteiger partial charge < -0.3 is 9.30 Å². The lowest BCUT2D eigenvalue weighted by atomic mass is 10.7. The number of nitrogens with zero attached hydrogens (tertiary/aromatic N) is 1. The lowest BCUT2D eigenvalue weighted by molar-refractivity contribution is -0.140. The molecule has 1 radical (unpaired) electrons. The van der Waals surface area contributed by atoms with Crippen molar-refractivity contribution < 1.29 is 14.6 Å². The van der Waals surface area contributed by atoms with Crippen LogP contribution in [0.4, 0.5) is 0 Å². The van der Waals surface area contributed by atoms with Gasteiger partial charge in [0.2, 0.25) is 0 Å². The highest BCUT2D eigenvalue weighted by Crippen LogP contribution is 2.08. The fourth-order valence-corrected chi connectivity index (χ4v) is 0.863. The molecule has 0 aliphatic rings. The summed E-state index contributed by atoms with van der Waals surface area (Å²) in [6.07, 6.45) is 1.78. The molecule has 0 bridgehead atoms. The third-order valence-corrected chi connectivity index (χ3v) is 1.48. The van der Waals surface area contributed by atoms with Gasteiger partial charge in [0.05, 0.1) is 6.61 Å². The van der Waals surface area contributed by atoms with Crippen LogP contribution < -0.4 is 0 Å². The molecule has 0 unspecified atom stereocenters. The highest BCUT2D eigenvalue weighted by Gasteiger charge is 1.93. The molecule has 0 aliphatic carbocycles. The molecule has 1 aromatic heterocycles. The Morgan fingerprint density at radius 3 is 2.29 bits per heavy atom. The number of hydrogen-bond donors (Lipinski definition) is 0. The van der Waals surface area contributed by atoms with E-state index in [1.165, 1.54) is 6.92 Å². The zero-order valence-electron chi connectivity index (χ0n) is 8.82. The van der Waals surface area contributed by atoms with Gasteiger partial charge in [-0.15, -0.1) is 0 Å². The first-order chi connectivity index (χ1) is 6.61. The van der Waals surface area contributed by atoms with Crippen LogP contribution in [0.25, 0.3) is 0 Å². The molecule has 1 rings (SSSR count). The average Bonchev–Trinajstić information content (AvgIpc) is 2.51. The van der Waals surface area contributed by atoms with E-state index in [4.69, 9.17) is 0 Å². The van der Waals surface area contributed by atoms with Crippen LogP contribution in [0, 0.1) is 0 Å². The van der Waals surface area contributed by atoms with Crippen LogP contribution in [0.2, 0.25) is 0 Å². The van der Waals surface area contributed by atoms with Crippen LogP contribution in [0.15, 0.2) is 18.3 Å². The fraction of sp³-hybridized carbons (Fsp3) is 0.500. The van der Waals surface area contributed by atoms with Crippen LogP contribution in [-0.2, 0) is 21.2 Å². The summed E-state index contributed by atoms with van der Waals surface area (Å²) in [6, 6.07) is 3.31. The van der Waals surface area contributed by atoms with Gasteiger partial charge in [-0.2, -0.15) is 0 Å². The highest BCUT2D eigenvalue weighted by molar-refractivity contribution is 5.65. The number of esters is 1. The minimum absolute atomic E-state index is 0.0903. The first-order valence-corrected chi connectivity index (χ1v) is 4.57.